The highest BCUT2D eigenvalue weighted by Crippen LogP contribution is 2.21. The first kappa shape index (κ1) is 12.1. The molecule has 2 rings (SSSR count). The van der Waals surface area contributed by atoms with Gasteiger partial charge in [0.05, 0.1) is 17.7 Å². The molecule has 0 fully saturated rings. The van der Waals surface area contributed by atoms with Crippen LogP contribution < -0.4 is 4.74 Å². The summed E-state index contributed by atoms with van der Waals surface area (Å²) >= 11 is 0. The summed E-state index contributed by atoms with van der Waals surface area (Å²) in [6, 6.07) is 12.3. The molecule has 0 saturated carbocycles. The normalized spacial score (nSPS) is 11.6. The van der Waals surface area contributed by atoms with Gasteiger partial charge in [0.2, 0.25) is 5.88 Å². The third-order valence-corrected chi connectivity index (χ3v) is 2.43. The van der Waals surface area contributed by atoms with Gasteiger partial charge < -0.3 is 9.84 Å². The van der Waals surface area contributed by atoms with Gasteiger partial charge in [0.15, 0.2) is 0 Å². The zero-order valence-electron chi connectivity index (χ0n) is 9.87. The van der Waals surface area contributed by atoms with Crippen molar-refractivity contribution in [3.8, 4) is 17.7 Å². The first-order chi connectivity index (χ1) is 8.69. The summed E-state index contributed by atoms with van der Waals surface area (Å²) in [5.41, 5.74) is 1.27. The van der Waals surface area contributed by atoms with Crippen LogP contribution in [0.3, 0.4) is 0 Å². The Hall–Kier alpha value is -2.38. The zero-order valence-corrected chi connectivity index (χ0v) is 9.87. The second-order valence-electron chi connectivity index (χ2n) is 3.85. The summed E-state index contributed by atoms with van der Waals surface area (Å²) in [6.07, 6.45) is 1.02. The van der Waals surface area contributed by atoms with Gasteiger partial charge in [-0.05, 0) is 36.8 Å². The van der Waals surface area contributed by atoms with Crippen LogP contribution in [0.4, 0.5) is 0 Å². The molecule has 0 radical (unpaired) electrons. The first-order valence-corrected chi connectivity index (χ1v) is 5.51. The number of hydrogen-bond acceptors (Lipinski definition) is 4. The van der Waals surface area contributed by atoms with Crippen LogP contribution in [0.1, 0.15) is 24.2 Å². The fourth-order valence-corrected chi connectivity index (χ4v) is 1.45. The van der Waals surface area contributed by atoms with Gasteiger partial charge in [-0.2, -0.15) is 5.26 Å². The Balaban J connectivity index is 2.16. The molecule has 0 aliphatic heterocycles. The van der Waals surface area contributed by atoms with E-state index in [0.717, 1.165) is 5.56 Å². The SMILES string of the molecule is C[C@H](O)c1ccc(Oc2cccc(C#N)c2)nc1. The maximum absolute atomic E-state index is 9.36. The molecule has 0 amide bonds. The highest BCUT2D eigenvalue weighted by atomic mass is 16.5. The number of aliphatic hydroxyl groups excluding tert-OH is 1. The molecule has 0 unspecified atom stereocenters. The van der Waals surface area contributed by atoms with Crippen LogP contribution >= 0.6 is 0 Å². The van der Waals surface area contributed by atoms with E-state index in [2.05, 4.69) is 4.98 Å². The van der Waals surface area contributed by atoms with Crippen LogP contribution in [-0.2, 0) is 0 Å². The molecule has 0 spiro atoms. The minimum Gasteiger partial charge on any atom is -0.439 e. The predicted octanol–water partition coefficient (Wildman–Crippen LogP) is 2.80. The molecule has 0 aliphatic carbocycles. The molecule has 0 aliphatic rings. The fourth-order valence-electron chi connectivity index (χ4n) is 1.45. The molecular weight excluding hydrogens is 228 g/mol. The molecule has 90 valence electrons. The number of rotatable bonds is 3. The monoisotopic (exact) mass is 240 g/mol. The molecule has 1 aromatic carbocycles. The van der Waals surface area contributed by atoms with Gasteiger partial charge in [-0.25, -0.2) is 4.98 Å². The van der Waals surface area contributed by atoms with Gasteiger partial charge in [-0.15, -0.1) is 0 Å². The van der Waals surface area contributed by atoms with Crippen LogP contribution in [0.5, 0.6) is 11.6 Å². The molecule has 0 saturated heterocycles. The number of nitriles is 1. The third-order valence-electron chi connectivity index (χ3n) is 2.43. The van der Waals surface area contributed by atoms with Crippen molar-refractivity contribution in [2.24, 2.45) is 0 Å². The molecule has 2 aromatic rings. The van der Waals surface area contributed by atoms with Crippen LogP contribution in [0.2, 0.25) is 0 Å². The van der Waals surface area contributed by atoms with Crippen molar-refractivity contribution in [2.45, 2.75) is 13.0 Å². The van der Waals surface area contributed by atoms with Gasteiger partial charge in [-0.3, -0.25) is 0 Å². The predicted molar refractivity (Wildman–Crippen MR) is 66.1 cm³/mol. The van der Waals surface area contributed by atoms with E-state index in [1.807, 2.05) is 6.07 Å². The van der Waals surface area contributed by atoms with Crippen molar-refractivity contribution >= 4 is 0 Å². The Morgan fingerprint density at radius 3 is 2.78 bits per heavy atom. The Morgan fingerprint density at radius 2 is 2.17 bits per heavy atom. The van der Waals surface area contributed by atoms with Crippen LogP contribution in [-0.4, -0.2) is 10.1 Å². The zero-order chi connectivity index (χ0) is 13.0. The molecule has 0 bridgehead atoms. The van der Waals surface area contributed by atoms with Crippen molar-refractivity contribution < 1.29 is 9.84 Å². The van der Waals surface area contributed by atoms with E-state index in [0.29, 0.717) is 17.2 Å². The Morgan fingerprint density at radius 1 is 1.33 bits per heavy atom. The fraction of sp³-hybridized carbons (Fsp3) is 0.143. The van der Waals surface area contributed by atoms with Gasteiger partial charge in [0.1, 0.15) is 5.75 Å². The number of pyridine rings is 1. The quantitative estimate of drug-likeness (QED) is 0.895. The summed E-state index contributed by atoms with van der Waals surface area (Å²) in [7, 11) is 0. The van der Waals surface area contributed by atoms with Crippen LogP contribution in [0.25, 0.3) is 0 Å². The van der Waals surface area contributed by atoms with E-state index < -0.39 is 6.10 Å². The lowest BCUT2D eigenvalue weighted by molar-refractivity contribution is 0.198. The second kappa shape index (κ2) is 5.30. The standard InChI is InChI=1S/C14H12N2O2/c1-10(17)12-5-6-14(16-9-12)18-13-4-2-3-11(7-13)8-15/h2-7,9-10,17H,1H3/t10-/m0/s1. The molecule has 18 heavy (non-hydrogen) atoms. The number of hydrogen-bond donors (Lipinski definition) is 1. The van der Waals surface area contributed by atoms with Gasteiger partial charge in [-0.1, -0.05) is 6.07 Å². The maximum atomic E-state index is 9.36. The Kier molecular flexibility index (Phi) is 3.56. The lowest BCUT2D eigenvalue weighted by Gasteiger charge is -2.07. The number of ether oxygens (including phenoxy) is 1. The van der Waals surface area contributed by atoms with Crippen molar-refractivity contribution in [3.05, 3.63) is 53.7 Å². The average Bonchev–Trinajstić information content (AvgIpc) is 2.39. The van der Waals surface area contributed by atoms with Crippen molar-refractivity contribution in [3.63, 3.8) is 0 Å². The van der Waals surface area contributed by atoms with Crippen LogP contribution in [0, 0.1) is 11.3 Å². The Labute approximate surface area is 105 Å². The number of nitrogens with zero attached hydrogens (tertiary/aromatic N) is 2. The molecule has 1 heterocycles. The summed E-state index contributed by atoms with van der Waals surface area (Å²) in [5.74, 6) is 0.987. The largest absolute Gasteiger partial charge is 0.439 e. The number of aliphatic hydroxyl groups is 1. The van der Waals surface area contributed by atoms with E-state index in [9.17, 15) is 5.11 Å². The maximum Gasteiger partial charge on any atom is 0.219 e. The summed E-state index contributed by atoms with van der Waals surface area (Å²) in [4.78, 5) is 4.09. The van der Waals surface area contributed by atoms with E-state index in [1.165, 1.54) is 0 Å². The smallest absolute Gasteiger partial charge is 0.219 e. The molecule has 4 heteroatoms. The number of aromatic nitrogens is 1. The summed E-state index contributed by atoms with van der Waals surface area (Å²) < 4.78 is 5.51. The third kappa shape index (κ3) is 2.84. The van der Waals surface area contributed by atoms with Crippen molar-refractivity contribution in [1.82, 2.24) is 4.98 Å². The molecule has 1 N–H and O–H groups in total. The van der Waals surface area contributed by atoms with Crippen LogP contribution in [0.15, 0.2) is 42.6 Å². The van der Waals surface area contributed by atoms with E-state index in [-0.39, 0.29) is 0 Å². The van der Waals surface area contributed by atoms with E-state index >= 15 is 0 Å². The average molecular weight is 240 g/mol. The first-order valence-electron chi connectivity index (χ1n) is 5.51. The molecule has 1 aromatic heterocycles. The number of benzene rings is 1. The second-order valence-corrected chi connectivity index (χ2v) is 3.85. The summed E-state index contributed by atoms with van der Waals surface area (Å²) in [6.45, 7) is 1.67. The molecular formula is C14H12N2O2. The molecule has 1 atom stereocenters. The minimum absolute atomic E-state index is 0.425. The van der Waals surface area contributed by atoms with Crippen molar-refractivity contribution in [1.29, 1.82) is 5.26 Å². The minimum atomic E-state index is -0.548. The Bertz CT molecular complexity index is 571. The van der Waals surface area contributed by atoms with Gasteiger partial charge in [0, 0.05) is 12.3 Å². The molecule has 4 nitrogen and oxygen atoms in total. The topological polar surface area (TPSA) is 66.1 Å². The lowest BCUT2D eigenvalue weighted by atomic mass is 10.2. The van der Waals surface area contributed by atoms with E-state index in [1.54, 1.807) is 49.5 Å². The van der Waals surface area contributed by atoms with Crippen molar-refractivity contribution in [2.75, 3.05) is 0 Å². The highest BCUT2D eigenvalue weighted by molar-refractivity contribution is 5.37. The van der Waals surface area contributed by atoms with Gasteiger partial charge >= 0.3 is 0 Å². The summed E-state index contributed by atoms with van der Waals surface area (Å²) in [5, 5.41) is 18.1. The highest BCUT2D eigenvalue weighted by Gasteiger charge is 2.03. The van der Waals surface area contributed by atoms with Gasteiger partial charge in [0.25, 0.3) is 0 Å². The van der Waals surface area contributed by atoms with E-state index in [4.69, 9.17) is 10.00 Å². The lowest BCUT2D eigenvalue weighted by Crippen LogP contribution is -1.93.